The number of hydrogen-bond acceptors (Lipinski definition) is 3. The Morgan fingerprint density at radius 1 is 1.19 bits per heavy atom. The van der Waals surface area contributed by atoms with Gasteiger partial charge in [0.15, 0.2) is 0 Å². The number of hydrogen-bond donors (Lipinski definition) is 1. The number of thioether (sulfide) groups is 1. The maximum absolute atomic E-state index is 3.33. The normalized spacial score (nSPS) is 10.4. The highest BCUT2D eigenvalue weighted by Crippen LogP contribution is 2.21. The minimum atomic E-state index is 1.04. The highest BCUT2D eigenvalue weighted by molar-refractivity contribution is 7.99. The Balaban J connectivity index is 2.46. The molecule has 0 aromatic heterocycles. The Morgan fingerprint density at radius 3 is 2.44 bits per heavy atom. The zero-order chi connectivity index (χ0) is 11.8. The Kier molecular flexibility index (Phi) is 6.34. The summed E-state index contributed by atoms with van der Waals surface area (Å²) in [6.07, 6.45) is 0. The lowest BCUT2D eigenvalue weighted by Gasteiger charge is -2.19. The first-order valence-electron chi connectivity index (χ1n) is 5.92. The Labute approximate surface area is 103 Å². The van der Waals surface area contributed by atoms with Gasteiger partial charge in [-0.25, -0.2) is 0 Å². The predicted molar refractivity (Wildman–Crippen MR) is 74.7 cm³/mol. The van der Waals surface area contributed by atoms with E-state index < -0.39 is 0 Å². The van der Waals surface area contributed by atoms with Crippen molar-refractivity contribution in [3.8, 4) is 0 Å². The van der Waals surface area contributed by atoms with E-state index in [4.69, 9.17) is 0 Å². The van der Waals surface area contributed by atoms with E-state index in [0.717, 1.165) is 25.4 Å². The summed E-state index contributed by atoms with van der Waals surface area (Å²) < 4.78 is 0. The maximum atomic E-state index is 3.33. The zero-order valence-corrected chi connectivity index (χ0v) is 11.3. The molecule has 0 spiro atoms. The Bertz CT molecular complexity index is 284. The van der Waals surface area contributed by atoms with Gasteiger partial charge in [-0.3, -0.25) is 0 Å². The van der Waals surface area contributed by atoms with Crippen LogP contribution in [0.25, 0.3) is 0 Å². The van der Waals surface area contributed by atoms with Crippen LogP contribution in [0.15, 0.2) is 29.2 Å². The van der Waals surface area contributed by atoms with Crippen molar-refractivity contribution in [3.63, 3.8) is 0 Å². The highest BCUT2D eigenvalue weighted by Gasteiger charge is 2.00. The van der Waals surface area contributed by atoms with E-state index in [2.05, 4.69) is 55.4 Å². The van der Waals surface area contributed by atoms with Gasteiger partial charge < -0.3 is 10.2 Å². The minimum Gasteiger partial charge on any atom is -0.373 e. The van der Waals surface area contributed by atoms with E-state index in [1.165, 1.54) is 10.6 Å². The predicted octanol–water partition coefficient (Wildman–Crippen LogP) is 2.84. The largest absolute Gasteiger partial charge is 0.373 e. The molecule has 16 heavy (non-hydrogen) atoms. The van der Waals surface area contributed by atoms with Gasteiger partial charge >= 0.3 is 0 Å². The van der Waals surface area contributed by atoms with Crippen LogP contribution in [0.5, 0.6) is 0 Å². The second-order valence-electron chi connectivity index (χ2n) is 3.70. The van der Waals surface area contributed by atoms with E-state index >= 15 is 0 Å². The first kappa shape index (κ1) is 13.4. The van der Waals surface area contributed by atoms with Gasteiger partial charge in [-0.05, 0) is 36.6 Å². The standard InChI is InChI=1S/C13H22N2S/c1-4-14-10-11-15(3)12-6-8-13(9-7-12)16-5-2/h6-9,14H,4-5,10-11H2,1-3H3. The van der Waals surface area contributed by atoms with E-state index in [9.17, 15) is 0 Å². The van der Waals surface area contributed by atoms with Gasteiger partial charge in [-0.2, -0.15) is 0 Å². The van der Waals surface area contributed by atoms with E-state index in [0.29, 0.717) is 0 Å². The molecule has 0 fully saturated rings. The fourth-order valence-corrected chi connectivity index (χ4v) is 2.18. The molecule has 0 aliphatic rings. The Hall–Kier alpha value is -0.670. The number of nitrogens with one attached hydrogen (secondary N) is 1. The second kappa shape index (κ2) is 7.58. The molecular formula is C13H22N2S. The first-order chi connectivity index (χ1) is 7.77. The molecule has 0 aliphatic heterocycles. The smallest absolute Gasteiger partial charge is 0.0364 e. The third-order valence-corrected chi connectivity index (χ3v) is 3.36. The molecule has 0 saturated heterocycles. The topological polar surface area (TPSA) is 15.3 Å². The molecule has 90 valence electrons. The molecule has 0 aliphatic carbocycles. The van der Waals surface area contributed by atoms with Gasteiger partial charge in [-0.15, -0.1) is 11.8 Å². The van der Waals surface area contributed by atoms with E-state index in [1.54, 1.807) is 0 Å². The van der Waals surface area contributed by atoms with Crippen molar-refractivity contribution in [1.29, 1.82) is 0 Å². The average molecular weight is 238 g/mol. The fourth-order valence-electron chi connectivity index (χ4n) is 1.52. The van der Waals surface area contributed by atoms with Gasteiger partial charge in [0.25, 0.3) is 0 Å². The highest BCUT2D eigenvalue weighted by atomic mass is 32.2. The average Bonchev–Trinajstić information content (AvgIpc) is 2.30. The van der Waals surface area contributed by atoms with Crippen LogP contribution in [-0.2, 0) is 0 Å². The number of benzene rings is 1. The van der Waals surface area contributed by atoms with Crippen LogP contribution in [0.4, 0.5) is 5.69 Å². The van der Waals surface area contributed by atoms with Gasteiger partial charge in [0.2, 0.25) is 0 Å². The maximum Gasteiger partial charge on any atom is 0.0364 e. The lowest BCUT2D eigenvalue weighted by molar-refractivity contribution is 0.706. The van der Waals surface area contributed by atoms with Crippen molar-refractivity contribution in [2.24, 2.45) is 0 Å². The molecule has 0 saturated carbocycles. The number of anilines is 1. The summed E-state index contributed by atoms with van der Waals surface area (Å²) in [5, 5.41) is 3.33. The summed E-state index contributed by atoms with van der Waals surface area (Å²) in [5.41, 5.74) is 1.29. The summed E-state index contributed by atoms with van der Waals surface area (Å²) >= 11 is 1.89. The molecule has 2 nitrogen and oxygen atoms in total. The number of likely N-dealkylation sites (N-methyl/N-ethyl adjacent to an activating group) is 2. The zero-order valence-electron chi connectivity index (χ0n) is 10.5. The summed E-state index contributed by atoms with van der Waals surface area (Å²) in [7, 11) is 2.14. The van der Waals surface area contributed by atoms with E-state index in [1.807, 2.05) is 11.8 Å². The summed E-state index contributed by atoms with van der Waals surface area (Å²) in [5.74, 6) is 1.13. The van der Waals surface area contributed by atoms with Crippen molar-refractivity contribution in [1.82, 2.24) is 5.32 Å². The molecule has 0 atom stereocenters. The summed E-state index contributed by atoms with van der Waals surface area (Å²) in [6, 6.07) is 8.80. The molecule has 1 N–H and O–H groups in total. The molecule has 0 bridgehead atoms. The van der Waals surface area contributed by atoms with Gasteiger partial charge in [-0.1, -0.05) is 13.8 Å². The van der Waals surface area contributed by atoms with Crippen LogP contribution in [0.1, 0.15) is 13.8 Å². The molecule has 0 unspecified atom stereocenters. The van der Waals surface area contributed by atoms with Crippen LogP contribution >= 0.6 is 11.8 Å². The number of rotatable bonds is 7. The van der Waals surface area contributed by atoms with Crippen molar-refractivity contribution in [2.45, 2.75) is 18.7 Å². The van der Waals surface area contributed by atoms with Crippen LogP contribution in [0.2, 0.25) is 0 Å². The lowest BCUT2D eigenvalue weighted by Crippen LogP contribution is -2.28. The molecule has 3 heteroatoms. The molecular weight excluding hydrogens is 216 g/mol. The second-order valence-corrected chi connectivity index (χ2v) is 5.04. The molecule has 1 rings (SSSR count). The quantitative estimate of drug-likeness (QED) is 0.581. The monoisotopic (exact) mass is 238 g/mol. The molecule has 0 radical (unpaired) electrons. The van der Waals surface area contributed by atoms with Crippen LogP contribution in [-0.4, -0.2) is 32.4 Å². The van der Waals surface area contributed by atoms with Crippen molar-refractivity contribution < 1.29 is 0 Å². The SMILES string of the molecule is CCNCCN(C)c1ccc(SCC)cc1. The van der Waals surface area contributed by atoms with E-state index in [-0.39, 0.29) is 0 Å². The Morgan fingerprint density at radius 2 is 1.88 bits per heavy atom. The molecule has 1 aromatic carbocycles. The molecule has 0 amide bonds. The third kappa shape index (κ3) is 4.45. The van der Waals surface area contributed by atoms with Crippen LogP contribution in [0, 0.1) is 0 Å². The van der Waals surface area contributed by atoms with Crippen molar-refractivity contribution >= 4 is 17.4 Å². The van der Waals surface area contributed by atoms with Gasteiger partial charge in [0.05, 0.1) is 0 Å². The van der Waals surface area contributed by atoms with Gasteiger partial charge in [0.1, 0.15) is 0 Å². The van der Waals surface area contributed by atoms with Crippen LogP contribution < -0.4 is 10.2 Å². The fraction of sp³-hybridized carbons (Fsp3) is 0.538. The van der Waals surface area contributed by atoms with Gasteiger partial charge in [0, 0.05) is 30.7 Å². The van der Waals surface area contributed by atoms with Crippen molar-refractivity contribution in [3.05, 3.63) is 24.3 Å². The summed E-state index contributed by atoms with van der Waals surface area (Å²) in [4.78, 5) is 3.63. The number of nitrogens with zero attached hydrogens (tertiary/aromatic N) is 1. The molecule has 0 heterocycles. The summed E-state index contributed by atoms with van der Waals surface area (Å²) in [6.45, 7) is 7.45. The van der Waals surface area contributed by atoms with Crippen LogP contribution in [0.3, 0.4) is 0 Å². The minimum absolute atomic E-state index is 1.04. The first-order valence-corrected chi connectivity index (χ1v) is 6.91. The third-order valence-electron chi connectivity index (χ3n) is 2.46. The molecule has 1 aromatic rings. The van der Waals surface area contributed by atoms with Crippen molar-refractivity contribution in [2.75, 3.05) is 37.3 Å². The lowest BCUT2D eigenvalue weighted by atomic mass is 10.3.